The van der Waals surface area contributed by atoms with Gasteiger partial charge >= 0.3 is 5.97 Å². The summed E-state index contributed by atoms with van der Waals surface area (Å²) >= 11 is 7.19. The first-order valence-electron chi connectivity index (χ1n) is 4.26. The van der Waals surface area contributed by atoms with Crippen molar-refractivity contribution < 1.29 is 9.90 Å². The molecule has 0 radical (unpaired) electrons. The molecule has 1 aromatic carbocycles. The number of carbonyl (C=O) groups is 1. The van der Waals surface area contributed by atoms with Crippen LogP contribution in [0.2, 0.25) is 4.34 Å². The molecule has 2 rings (SSSR count). The molecule has 0 aliphatic rings. The van der Waals surface area contributed by atoms with Gasteiger partial charge in [0.2, 0.25) is 0 Å². The van der Waals surface area contributed by atoms with Gasteiger partial charge in [0.1, 0.15) is 0 Å². The minimum Gasteiger partial charge on any atom is -0.478 e. The largest absolute Gasteiger partial charge is 0.478 e. The van der Waals surface area contributed by atoms with Crippen LogP contribution in [-0.4, -0.2) is 11.1 Å². The number of benzene rings is 1. The van der Waals surface area contributed by atoms with Gasteiger partial charge in [-0.15, -0.1) is 11.3 Å². The van der Waals surface area contributed by atoms with Gasteiger partial charge in [-0.25, -0.2) is 4.79 Å². The van der Waals surface area contributed by atoms with Crippen LogP contribution in [0, 0.1) is 0 Å². The van der Waals surface area contributed by atoms with E-state index in [1.807, 2.05) is 12.1 Å². The summed E-state index contributed by atoms with van der Waals surface area (Å²) in [7, 11) is 0. The smallest absolute Gasteiger partial charge is 0.336 e. The van der Waals surface area contributed by atoms with Crippen LogP contribution in [0.4, 0.5) is 0 Å². The number of hydrogen-bond donors (Lipinski definition) is 1. The van der Waals surface area contributed by atoms with E-state index in [4.69, 9.17) is 16.7 Å². The molecule has 1 aromatic heterocycles. The molecular formula is C11H7ClO2S. The van der Waals surface area contributed by atoms with Gasteiger partial charge in [0.15, 0.2) is 0 Å². The molecular weight excluding hydrogens is 232 g/mol. The second-order valence-corrected chi connectivity index (χ2v) is 4.67. The molecule has 0 aliphatic carbocycles. The van der Waals surface area contributed by atoms with Crippen molar-refractivity contribution in [1.82, 2.24) is 0 Å². The van der Waals surface area contributed by atoms with Crippen molar-refractivity contribution in [2.75, 3.05) is 0 Å². The molecule has 0 unspecified atom stereocenters. The van der Waals surface area contributed by atoms with E-state index in [-0.39, 0.29) is 0 Å². The Morgan fingerprint density at radius 3 is 2.53 bits per heavy atom. The fourth-order valence-corrected chi connectivity index (χ4v) is 2.43. The van der Waals surface area contributed by atoms with Gasteiger partial charge in [0.05, 0.1) is 9.90 Å². The predicted octanol–water partition coefficient (Wildman–Crippen LogP) is 3.77. The molecule has 0 bridgehead atoms. The highest BCUT2D eigenvalue weighted by Crippen LogP contribution is 2.32. The van der Waals surface area contributed by atoms with Crippen molar-refractivity contribution in [3.63, 3.8) is 0 Å². The second-order valence-electron chi connectivity index (χ2n) is 2.95. The first-order chi connectivity index (χ1) is 7.18. The normalized spacial score (nSPS) is 10.2. The summed E-state index contributed by atoms with van der Waals surface area (Å²) in [5.41, 5.74) is 1.01. The van der Waals surface area contributed by atoms with Gasteiger partial charge in [-0.05, 0) is 18.2 Å². The molecule has 0 atom stereocenters. The van der Waals surface area contributed by atoms with Crippen molar-refractivity contribution >= 4 is 28.9 Å². The molecule has 0 saturated heterocycles. The Kier molecular flexibility index (Phi) is 2.75. The third-order valence-electron chi connectivity index (χ3n) is 2.00. The monoisotopic (exact) mass is 238 g/mol. The number of halogens is 1. The Morgan fingerprint density at radius 1 is 1.20 bits per heavy atom. The van der Waals surface area contributed by atoms with E-state index in [9.17, 15) is 4.79 Å². The number of rotatable bonds is 2. The van der Waals surface area contributed by atoms with Gasteiger partial charge in [-0.3, -0.25) is 0 Å². The molecule has 0 spiro atoms. The van der Waals surface area contributed by atoms with Crippen LogP contribution in [0.1, 0.15) is 10.4 Å². The highest BCUT2D eigenvalue weighted by atomic mass is 35.5. The van der Waals surface area contributed by atoms with Crippen LogP contribution in [0.5, 0.6) is 0 Å². The summed E-state index contributed by atoms with van der Waals surface area (Å²) in [5, 5.41) is 9.01. The maximum Gasteiger partial charge on any atom is 0.336 e. The Hall–Kier alpha value is -1.32. The van der Waals surface area contributed by atoms with Gasteiger partial charge in [0.25, 0.3) is 0 Å². The number of carboxylic acid groups (broad SMARTS) is 1. The standard InChI is InChI=1S/C11H7ClO2S/c12-10-6-5-9(15-10)7-3-1-2-4-8(7)11(13)14/h1-6H,(H,13,14). The molecule has 76 valence electrons. The van der Waals surface area contributed by atoms with Crippen LogP contribution in [0.25, 0.3) is 10.4 Å². The van der Waals surface area contributed by atoms with Crippen LogP contribution >= 0.6 is 22.9 Å². The zero-order chi connectivity index (χ0) is 10.8. The average molecular weight is 239 g/mol. The number of carboxylic acids is 1. The third kappa shape index (κ3) is 2.03. The van der Waals surface area contributed by atoms with Crippen molar-refractivity contribution in [3.8, 4) is 10.4 Å². The molecule has 1 N–H and O–H groups in total. The Bertz CT molecular complexity index is 505. The van der Waals surface area contributed by atoms with Crippen molar-refractivity contribution in [2.45, 2.75) is 0 Å². The van der Waals surface area contributed by atoms with Gasteiger partial charge < -0.3 is 5.11 Å². The fraction of sp³-hybridized carbons (Fsp3) is 0. The summed E-state index contributed by atoms with van der Waals surface area (Å²) in [5.74, 6) is -0.921. The zero-order valence-electron chi connectivity index (χ0n) is 7.61. The molecule has 0 amide bonds. The first kappa shape index (κ1) is 10.2. The highest BCUT2D eigenvalue weighted by Gasteiger charge is 2.11. The Balaban J connectivity index is 2.57. The zero-order valence-corrected chi connectivity index (χ0v) is 9.18. The predicted molar refractivity (Wildman–Crippen MR) is 61.7 cm³/mol. The number of thiophene rings is 1. The molecule has 0 fully saturated rings. The second kappa shape index (κ2) is 4.04. The third-order valence-corrected chi connectivity index (χ3v) is 3.26. The minimum absolute atomic E-state index is 0.302. The topological polar surface area (TPSA) is 37.3 Å². The first-order valence-corrected chi connectivity index (χ1v) is 5.46. The molecule has 1 heterocycles. The van der Waals surface area contributed by atoms with Crippen LogP contribution in [0.15, 0.2) is 36.4 Å². The van der Waals surface area contributed by atoms with E-state index in [0.717, 1.165) is 4.88 Å². The lowest BCUT2D eigenvalue weighted by Crippen LogP contribution is -1.97. The van der Waals surface area contributed by atoms with Gasteiger partial charge in [-0.1, -0.05) is 29.8 Å². The quantitative estimate of drug-likeness (QED) is 0.865. The SMILES string of the molecule is O=C(O)c1ccccc1-c1ccc(Cl)s1. The van der Waals surface area contributed by atoms with E-state index >= 15 is 0 Å². The molecule has 15 heavy (non-hydrogen) atoms. The number of hydrogen-bond acceptors (Lipinski definition) is 2. The molecule has 0 aliphatic heterocycles. The van der Waals surface area contributed by atoms with E-state index < -0.39 is 5.97 Å². The van der Waals surface area contributed by atoms with E-state index in [0.29, 0.717) is 15.5 Å². The summed E-state index contributed by atoms with van der Waals surface area (Å²) in [6.45, 7) is 0. The lowest BCUT2D eigenvalue weighted by molar-refractivity contribution is 0.0698. The van der Waals surface area contributed by atoms with E-state index in [2.05, 4.69) is 0 Å². The Labute approximate surface area is 95.8 Å². The van der Waals surface area contributed by atoms with Crippen LogP contribution in [0.3, 0.4) is 0 Å². The molecule has 4 heteroatoms. The number of aromatic carboxylic acids is 1. The lowest BCUT2D eigenvalue weighted by Gasteiger charge is -2.02. The maximum atomic E-state index is 11.0. The van der Waals surface area contributed by atoms with E-state index in [1.54, 1.807) is 24.3 Å². The van der Waals surface area contributed by atoms with E-state index in [1.165, 1.54) is 11.3 Å². The summed E-state index contributed by atoms with van der Waals surface area (Å²) in [4.78, 5) is 11.8. The van der Waals surface area contributed by atoms with Gasteiger partial charge in [-0.2, -0.15) is 0 Å². The van der Waals surface area contributed by atoms with Crippen LogP contribution < -0.4 is 0 Å². The summed E-state index contributed by atoms with van der Waals surface area (Å²) < 4.78 is 0.658. The maximum absolute atomic E-state index is 11.0. The van der Waals surface area contributed by atoms with Crippen molar-refractivity contribution in [2.24, 2.45) is 0 Å². The minimum atomic E-state index is -0.921. The average Bonchev–Trinajstić information content (AvgIpc) is 2.65. The summed E-state index contributed by atoms with van der Waals surface area (Å²) in [6, 6.07) is 10.5. The molecule has 0 saturated carbocycles. The van der Waals surface area contributed by atoms with Crippen LogP contribution in [-0.2, 0) is 0 Å². The van der Waals surface area contributed by atoms with Crippen molar-refractivity contribution in [3.05, 3.63) is 46.3 Å². The highest BCUT2D eigenvalue weighted by molar-refractivity contribution is 7.19. The van der Waals surface area contributed by atoms with Crippen molar-refractivity contribution in [1.29, 1.82) is 0 Å². The lowest BCUT2D eigenvalue weighted by atomic mass is 10.1. The summed E-state index contributed by atoms with van der Waals surface area (Å²) in [6.07, 6.45) is 0. The molecule has 2 nitrogen and oxygen atoms in total. The Morgan fingerprint density at radius 2 is 1.93 bits per heavy atom. The molecule has 2 aromatic rings. The van der Waals surface area contributed by atoms with Gasteiger partial charge in [0, 0.05) is 10.4 Å². The fourth-order valence-electron chi connectivity index (χ4n) is 1.34.